The van der Waals surface area contributed by atoms with Gasteiger partial charge in [0.2, 0.25) is 0 Å². The number of thioether (sulfide) groups is 1. The van der Waals surface area contributed by atoms with Crippen LogP contribution in [0.1, 0.15) is 18.3 Å². The van der Waals surface area contributed by atoms with Crippen molar-refractivity contribution in [2.45, 2.75) is 20.4 Å². The van der Waals surface area contributed by atoms with Gasteiger partial charge in [0.25, 0.3) is 0 Å². The summed E-state index contributed by atoms with van der Waals surface area (Å²) in [4.78, 5) is 4.45. The van der Waals surface area contributed by atoms with Crippen molar-refractivity contribution in [1.82, 2.24) is 10.3 Å². The van der Waals surface area contributed by atoms with Crippen molar-refractivity contribution in [2.75, 3.05) is 18.6 Å². The van der Waals surface area contributed by atoms with E-state index >= 15 is 0 Å². The van der Waals surface area contributed by atoms with E-state index in [1.807, 2.05) is 24.8 Å². The molecule has 1 unspecified atom stereocenters. The van der Waals surface area contributed by atoms with Gasteiger partial charge in [-0.1, -0.05) is 13.0 Å². The zero-order chi connectivity index (χ0) is 11.1. The molecular weight excluding hydrogens is 204 g/mol. The summed E-state index contributed by atoms with van der Waals surface area (Å²) in [6.07, 6.45) is 2.15. The van der Waals surface area contributed by atoms with Gasteiger partial charge in [0, 0.05) is 12.2 Å². The maximum Gasteiger partial charge on any atom is 0.0544 e. The monoisotopic (exact) mass is 224 g/mol. The molecule has 0 saturated carbocycles. The zero-order valence-corrected chi connectivity index (χ0v) is 10.6. The van der Waals surface area contributed by atoms with Crippen molar-refractivity contribution >= 4 is 11.8 Å². The number of aromatic nitrogens is 1. The summed E-state index contributed by atoms with van der Waals surface area (Å²) < 4.78 is 0. The van der Waals surface area contributed by atoms with Crippen LogP contribution >= 0.6 is 11.8 Å². The molecule has 0 bridgehead atoms. The number of nitrogens with one attached hydrogen (secondary N) is 1. The van der Waals surface area contributed by atoms with Crippen LogP contribution in [0.15, 0.2) is 18.2 Å². The van der Waals surface area contributed by atoms with Crippen LogP contribution in [-0.4, -0.2) is 23.5 Å². The molecule has 3 heteroatoms. The Kier molecular flexibility index (Phi) is 5.73. The highest BCUT2D eigenvalue weighted by atomic mass is 32.2. The average Bonchev–Trinajstić information content (AvgIpc) is 2.18. The van der Waals surface area contributed by atoms with E-state index in [1.165, 1.54) is 5.75 Å². The van der Waals surface area contributed by atoms with Gasteiger partial charge in [0.1, 0.15) is 0 Å². The van der Waals surface area contributed by atoms with Gasteiger partial charge in [0.15, 0.2) is 0 Å². The molecule has 1 N–H and O–H groups in total. The quantitative estimate of drug-likeness (QED) is 0.803. The maximum absolute atomic E-state index is 4.45. The Bertz CT molecular complexity index is 289. The van der Waals surface area contributed by atoms with Crippen LogP contribution in [0.5, 0.6) is 0 Å². The molecule has 0 spiro atoms. The number of aryl methyl sites for hydroxylation is 1. The molecule has 0 aromatic carbocycles. The molecule has 0 aliphatic rings. The van der Waals surface area contributed by atoms with E-state index in [0.717, 1.165) is 30.4 Å². The van der Waals surface area contributed by atoms with Crippen molar-refractivity contribution in [1.29, 1.82) is 0 Å². The number of pyridine rings is 1. The van der Waals surface area contributed by atoms with Crippen LogP contribution in [-0.2, 0) is 6.54 Å². The maximum atomic E-state index is 4.45. The smallest absolute Gasteiger partial charge is 0.0544 e. The number of rotatable bonds is 6. The molecule has 0 aliphatic carbocycles. The van der Waals surface area contributed by atoms with Crippen LogP contribution in [0, 0.1) is 12.8 Å². The Morgan fingerprint density at radius 1 is 1.47 bits per heavy atom. The van der Waals surface area contributed by atoms with Gasteiger partial charge in [-0.15, -0.1) is 0 Å². The minimum atomic E-state index is 0.727. The first-order valence-electron chi connectivity index (χ1n) is 5.34. The van der Waals surface area contributed by atoms with Gasteiger partial charge in [-0.2, -0.15) is 11.8 Å². The predicted molar refractivity (Wildman–Crippen MR) is 68.2 cm³/mol. The Labute approximate surface area is 96.9 Å². The molecule has 0 saturated heterocycles. The molecule has 2 nitrogen and oxygen atoms in total. The molecule has 15 heavy (non-hydrogen) atoms. The van der Waals surface area contributed by atoms with Crippen LogP contribution in [0.4, 0.5) is 0 Å². The van der Waals surface area contributed by atoms with E-state index in [2.05, 4.69) is 35.6 Å². The fourth-order valence-corrected chi connectivity index (χ4v) is 2.17. The molecule has 1 aromatic heterocycles. The third-order valence-electron chi connectivity index (χ3n) is 2.20. The summed E-state index contributed by atoms with van der Waals surface area (Å²) in [6.45, 7) is 6.24. The minimum absolute atomic E-state index is 0.727. The summed E-state index contributed by atoms with van der Waals surface area (Å²) in [5.41, 5.74) is 2.22. The van der Waals surface area contributed by atoms with Gasteiger partial charge >= 0.3 is 0 Å². The van der Waals surface area contributed by atoms with Crippen molar-refractivity contribution in [2.24, 2.45) is 5.92 Å². The van der Waals surface area contributed by atoms with Crippen LogP contribution in [0.2, 0.25) is 0 Å². The second-order valence-electron chi connectivity index (χ2n) is 3.96. The Morgan fingerprint density at radius 2 is 2.27 bits per heavy atom. The highest BCUT2D eigenvalue weighted by molar-refractivity contribution is 7.98. The summed E-state index contributed by atoms with van der Waals surface area (Å²) in [7, 11) is 0. The number of hydrogen-bond acceptors (Lipinski definition) is 3. The van der Waals surface area contributed by atoms with Gasteiger partial charge in [-0.3, -0.25) is 4.98 Å². The molecule has 1 heterocycles. The Morgan fingerprint density at radius 3 is 2.93 bits per heavy atom. The van der Waals surface area contributed by atoms with Crippen LogP contribution < -0.4 is 5.32 Å². The lowest BCUT2D eigenvalue weighted by molar-refractivity contribution is 0.554. The Balaban J connectivity index is 2.25. The molecular formula is C12H20N2S. The van der Waals surface area contributed by atoms with Crippen molar-refractivity contribution in [3.8, 4) is 0 Å². The van der Waals surface area contributed by atoms with Crippen LogP contribution in [0.25, 0.3) is 0 Å². The van der Waals surface area contributed by atoms with Crippen molar-refractivity contribution in [3.05, 3.63) is 29.6 Å². The Hall–Kier alpha value is -0.540. The van der Waals surface area contributed by atoms with E-state index in [4.69, 9.17) is 0 Å². The molecule has 0 amide bonds. The lowest BCUT2D eigenvalue weighted by Crippen LogP contribution is -2.22. The van der Waals surface area contributed by atoms with Gasteiger partial charge in [-0.25, -0.2) is 0 Å². The first-order valence-corrected chi connectivity index (χ1v) is 6.74. The highest BCUT2D eigenvalue weighted by Crippen LogP contribution is 2.03. The van der Waals surface area contributed by atoms with E-state index in [-0.39, 0.29) is 0 Å². The lowest BCUT2D eigenvalue weighted by Gasteiger charge is -2.10. The lowest BCUT2D eigenvalue weighted by atomic mass is 10.2. The summed E-state index contributed by atoms with van der Waals surface area (Å²) >= 11 is 1.90. The van der Waals surface area contributed by atoms with Gasteiger partial charge in [0.05, 0.1) is 5.69 Å². The third-order valence-corrected chi connectivity index (χ3v) is 3.10. The van der Waals surface area contributed by atoms with E-state index in [0.29, 0.717) is 0 Å². The molecule has 0 aliphatic heterocycles. The number of nitrogens with zero attached hydrogens (tertiary/aromatic N) is 1. The van der Waals surface area contributed by atoms with E-state index in [1.54, 1.807) is 0 Å². The SMILES string of the molecule is CSCC(C)CNCc1cccc(C)n1. The minimum Gasteiger partial charge on any atom is -0.311 e. The molecule has 0 fully saturated rings. The normalized spacial score (nSPS) is 12.7. The van der Waals surface area contributed by atoms with Crippen molar-refractivity contribution in [3.63, 3.8) is 0 Å². The fraction of sp³-hybridized carbons (Fsp3) is 0.583. The summed E-state index contributed by atoms with van der Waals surface area (Å²) in [5.74, 6) is 1.94. The molecule has 0 radical (unpaired) electrons. The standard InChI is InChI=1S/C12H20N2S/c1-10(9-15-3)7-13-8-12-6-4-5-11(2)14-12/h4-6,10,13H,7-9H2,1-3H3. The summed E-state index contributed by atoms with van der Waals surface area (Å²) in [6, 6.07) is 6.16. The molecule has 84 valence electrons. The van der Waals surface area contributed by atoms with Gasteiger partial charge < -0.3 is 5.32 Å². The van der Waals surface area contributed by atoms with E-state index in [9.17, 15) is 0 Å². The number of hydrogen-bond donors (Lipinski definition) is 1. The summed E-state index contributed by atoms with van der Waals surface area (Å²) in [5, 5.41) is 3.44. The first kappa shape index (κ1) is 12.5. The molecule has 1 atom stereocenters. The second-order valence-corrected chi connectivity index (χ2v) is 4.87. The second kappa shape index (κ2) is 6.85. The largest absolute Gasteiger partial charge is 0.311 e. The van der Waals surface area contributed by atoms with Crippen molar-refractivity contribution < 1.29 is 0 Å². The predicted octanol–water partition coefficient (Wildman–Crippen LogP) is 2.48. The topological polar surface area (TPSA) is 24.9 Å². The van der Waals surface area contributed by atoms with Crippen LogP contribution in [0.3, 0.4) is 0 Å². The molecule has 1 rings (SSSR count). The molecule has 1 aromatic rings. The average molecular weight is 224 g/mol. The third kappa shape index (κ3) is 5.19. The highest BCUT2D eigenvalue weighted by Gasteiger charge is 2.00. The van der Waals surface area contributed by atoms with Gasteiger partial charge in [-0.05, 0) is 43.5 Å². The fourth-order valence-electron chi connectivity index (χ4n) is 1.49. The van der Waals surface area contributed by atoms with E-state index < -0.39 is 0 Å². The zero-order valence-electron chi connectivity index (χ0n) is 9.79. The first-order chi connectivity index (χ1) is 7.22.